The van der Waals surface area contributed by atoms with E-state index in [1.807, 2.05) is 24.3 Å². The molecule has 2 aromatic carbocycles. The van der Waals surface area contributed by atoms with E-state index < -0.39 is 0 Å². The van der Waals surface area contributed by atoms with Crippen LogP contribution in [0.15, 0.2) is 48.5 Å². The second-order valence-corrected chi connectivity index (χ2v) is 4.62. The molecule has 1 unspecified atom stereocenters. The van der Waals surface area contributed by atoms with Gasteiger partial charge in [-0.25, -0.2) is 0 Å². The van der Waals surface area contributed by atoms with Gasteiger partial charge in [0, 0.05) is 0 Å². The highest BCUT2D eigenvalue weighted by Crippen LogP contribution is 2.24. The van der Waals surface area contributed by atoms with Crippen molar-refractivity contribution in [3.63, 3.8) is 0 Å². The zero-order chi connectivity index (χ0) is 13.0. The summed E-state index contributed by atoms with van der Waals surface area (Å²) in [6.07, 6.45) is 1.16. The molecule has 2 aromatic rings. The number of nitrogens with zero attached hydrogens (tertiary/aromatic N) is 1. The summed E-state index contributed by atoms with van der Waals surface area (Å²) in [6, 6.07) is 18.6. The Morgan fingerprint density at radius 2 is 1.44 bits per heavy atom. The molecule has 0 radical (unpaired) electrons. The Labute approximate surface area is 109 Å². The van der Waals surface area contributed by atoms with Crippen LogP contribution >= 0.6 is 0 Å². The molecule has 0 aromatic heterocycles. The zero-order valence-electron chi connectivity index (χ0n) is 10.9. The van der Waals surface area contributed by atoms with Crippen molar-refractivity contribution < 1.29 is 0 Å². The first-order valence-corrected chi connectivity index (χ1v) is 6.35. The Morgan fingerprint density at radius 1 is 0.944 bits per heavy atom. The van der Waals surface area contributed by atoms with E-state index in [4.69, 9.17) is 5.26 Å². The van der Waals surface area contributed by atoms with Gasteiger partial charge < -0.3 is 0 Å². The van der Waals surface area contributed by atoms with Gasteiger partial charge >= 0.3 is 0 Å². The Bertz CT molecular complexity index is 544. The molecule has 0 bridgehead atoms. The van der Waals surface area contributed by atoms with Crippen LogP contribution in [0.1, 0.15) is 37.3 Å². The average molecular weight is 235 g/mol. The molecule has 0 aliphatic heterocycles. The lowest BCUT2D eigenvalue weighted by Crippen LogP contribution is -1.90. The third-order valence-corrected chi connectivity index (χ3v) is 3.44. The summed E-state index contributed by atoms with van der Waals surface area (Å²) in [7, 11) is 0. The highest BCUT2D eigenvalue weighted by molar-refractivity contribution is 5.64. The third-order valence-electron chi connectivity index (χ3n) is 3.44. The highest BCUT2D eigenvalue weighted by atomic mass is 14.2. The minimum atomic E-state index is 0.611. The summed E-state index contributed by atoms with van der Waals surface area (Å²) in [5.74, 6) is 0.611. The van der Waals surface area contributed by atoms with E-state index in [2.05, 4.69) is 44.2 Å². The van der Waals surface area contributed by atoms with E-state index in [1.165, 1.54) is 11.1 Å². The molecule has 1 atom stereocenters. The molecular formula is C17H17N. The predicted molar refractivity (Wildman–Crippen MR) is 75.3 cm³/mol. The Balaban J connectivity index is 2.26. The summed E-state index contributed by atoms with van der Waals surface area (Å²) in [4.78, 5) is 0. The van der Waals surface area contributed by atoms with E-state index in [9.17, 15) is 0 Å². The number of hydrogen-bond donors (Lipinski definition) is 0. The maximum atomic E-state index is 8.77. The molecule has 1 nitrogen and oxygen atoms in total. The monoisotopic (exact) mass is 235 g/mol. The second kappa shape index (κ2) is 5.51. The quantitative estimate of drug-likeness (QED) is 0.753. The largest absolute Gasteiger partial charge is 0.192 e. The summed E-state index contributed by atoms with van der Waals surface area (Å²) in [5, 5.41) is 8.77. The van der Waals surface area contributed by atoms with Gasteiger partial charge in [0.05, 0.1) is 11.6 Å². The molecule has 0 N–H and O–H groups in total. The molecule has 2 rings (SSSR count). The van der Waals surface area contributed by atoms with E-state index in [-0.39, 0.29) is 0 Å². The van der Waals surface area contributed by atoms with E-state index in [0.29, 0.717) is 11.5 Å². The van der Waals surface area contributed by atoms with Crippen LogP contribution < -0.4 is 0 Å². The van der Waals surface area contributed by atoms with Gasteiger partial charge in [-0.05, 0) is 41.2 Å². The summed E-state index contributed by atoms with van der Waals surface area (Å²) >= 11 is 0. The van der Waals surface area contributed by atoms with Crippen molar-refractivity contribution in [1.29, 1.82) is 5.26 Å². The van der Waals surface area contributed by atoms with Crippen LogP contribution in [0, 0.1) is 11.3 Å². The van der Waals surface area contributed by atoms with Gasteiger partial charge in [-0.2, -0.15) is 5.26 Å². The normalized spacial score (nSPS) is 11.8. The molecule has 0 heterocycles. The first-order chi connectivity index (χ1) is 8.74. The van der Waals surface area contributed by atoms with Crippen LogP contribution in [-0.4, -0.2) is 0 Å². The van der Waals surface area contributed by atoms with Crippen molar-refractivity contribution in [2.24, 2.45) is 0 Å². The lowest BCUT2D eigenvalue weighted by Gasteiger charge is -2.09. The minimum Gasteiger partial charge on any atom is -0.192 e. The fraction of sp³-hybridized carbons (Fsp3) is 0.235. The van der Waals surface area contributed by atoms with Crippen LogP contribution in [0.3, 0.4) is 0 Å². The van der Waals surface area contributed by atoms with Gasteiger partial charge in [-0.1, -0.05) is 50.2 Å². The van der Waals surface area contributed by atoms with Gasteiger partial charge in [-0.3, -0.25) is 0 Å². The van der Waals surface area contributed by atoms with Gasteiger partial charge in [0.2, 0.25) is 0 Å². The van der Waals surface area contributed by atoms with Crippen LogP contribution in [0.5, 0.6) is 0 Å². The van der Waals surface area contributed by atoms with Crippen LogP contribution in [0.2, 0.25) is 0 Å². The molecule has 0 saturated carbocycles. The van der Waals surface area contributed by atoms with Crippen LogP contribution in [-0.2, 0) is 0 Å². The fourth-order valence-corrected chi connectivity index (χ4v) is 1.98. The van der Waals surface area contributed by atoms with E-state index in [0.717, 1.165) is 12.0 Å². The highest BCUT2D eigenvalue weighted by Gasteiger charge is 2.03. The second-order valence-electron chi connectivity index (χ2n) is 4.62. The fourth-order valence-electron chi connectivity index (χ4n) is 1.98. The summed E-state index contributed by atoms with van der Waals surface area (Å²) in [5.41, 5.74) is 4.45. The third kappa shape index (κ3) is 2.60. The maximum Gasteiger partial charge on any atom is 0.0991 e. The Kier molecular flexibility index (Phi) is 3.79. The molecular weight excluding hydrogens is 218 g/mol. The van der Waals surface area contributed by atoms with Crippen molar-refractivity contribution in [2.75, 3.05) is 0 Å². The topological polar surface area (TPSA) is 23.8 Å². The average Bonchev–Trinajstić information content (AvgIpc) is 2.47. The summed E-state index contributed by atoms with van der Waals surface area (Å²) < 4.78 is 0. The zero-order valence-corrected chi connectivity index (χ0v) is 10.9. The molecule has 18 heavy (non-hydrogen) atoms. The van der Waals surface area contributed by atoms with Crippen molar-refractivity contribution in [2.45, 2.75) is 26.2 Å². The number of benzene rings is 2. The smallest absolute Gasteiger partial charge is 0.0991 e. The molecule has 0 amide bonds. The minimum absolute atomic E-state index is 0.611. The lowest BCUT2D eigenvalue weighted by atomic mass is 9.96. The van der Waals surface area contributed by atoms with Crippen LogP contribution in [0.25, 0.3) is 11.1 Å². The number of nitriles is 1. The number of hydrogen-bond acceptors (Lipinski definition) is 1. The SMILES string of the molecule is CCC(C)c1ccc(-c2ccc(C#N)cc2)cc1. The van der Waals surface area contributed by atoms with Crippen molar-refractivity contribution in [3.05, 3.63) is 59.7 Å². The van der Waals surface area contributed by atoms with Gasteiger partial charge in [0.15, 0.2) is 0 Å². The van der Waals surface area contributed by atoms with Crippen molar-refractivity contribution in [1.82, 2.24) is 0 Å². The molecule has 0 saturated heterocycles. The molecule has 0 spiro atoms. The Hall–Kier alpha value is -2.07. The first-order valence-electron chi connectivity index (χ1n) is 6.35. The molecule has 0 fully saturated rings. The van der Waals surface area contributed by atoms with Crippen LogP contribution in [0.4, 0.5) is 0 Å². The lowest BCUT2D eigenvalue weighted by molar-refractivity contribution is 0.734. The summed E-state index contributed by atoms with van der Waals surface area (Å²) in [6.45, 7) is 4.45. The van der Waals surface area contributed by atoms with E-state index in [1.54, 1.807) is 0 Å². The molecule has 90 valence electrons. The van der Waals surface area contributed by atoms with Gasteiger partial charge in [0.25, 0.3) is 0 Å². The first kappa shape index (κ1) is 12.4. The predicted octanol–water partition coefficient (Wildman–Crippen LogP) is 4.74. The van der Waals surface area contributed by atoms with E-state index >= 15 is 0 Å². The molecule has 1 heteroatoms. The van der Waals surface area contributed by atoms with Crippen molar-refractivity contribution in [3.8, 4) is 17.2 Å². The van der Waals surface area contributed by atoms with Gasteiger partial charge in [-0.15, -0.1) is 0 Å². The molecule has 0 aliphatic carbocycles. The standard InChI is InChI=1S/C17H17N/c1-3-13(2)15-8-10-17(11-9-15)16-6-4-14(12-18)5-7-16/h4-11,13H,3H2,1-2H3. The number of rotatable bonds is 3. The van der Waals surface area contributed by atoms with Crippen molar-refractivity contribution >= 4 is 0 Å². The van der Waals surface area contributed by atoms with Gasteiger partial charge in [0.1, 0.15) is 0 Å². The molecule has 0 aliphatic rings. The Morgan fingerprint density at radius 3 is 1.89 bits per heavy atom. The maximum absolute atomic E-state index is 8.77.